The molecule has 2 heterocycles. The van der Waals surface area contributed by atoms with Gasteiger partial charge in [-0.05, 0) is 12.1 Å². The van der Waals surface area contributed by atoms with Crippen molar-refractivity contribution in [2.75, 3.05) is 0 Å². The van der Waals surface area contributed by atoms with Crippen LogP contribution in [-0.4, -0.2) is 26.2 Å². The molecule has 0 aliphatic rings. The Balaban J connectivity index is 1.95. The van der Waals surface area contributed by atoms with Crippen LogP contribution in [0, 0.1) is 0 Å². The predicted molar refractivity (Wildman–Crippen MR) is 67.6 cm³/mol. The highest BCUT2D eigenvalue weighted by atomic mass is 32.2. The van der Waals surface area contributed by atoms with Crippen molar-refractivity contribution in [2.45, 2.75) is 9.92 Å². The normalized spacial score (nSPS) is 10.7. The predicted octanol–water partition coefficient (Wildman–Crippen LogP) is 2.32. The molecule has 0 atom stereocenters. The number of benzene rings is 1. The topological polar surface area (TPSA) is 71.5 Å². The van der Waals surface area contributed by atoms with E-state index in [0.717, 1.165) is 21.7 Å². The average Bonchev–Trinajstić information content (AvgIpc) is 2.89. The standard InChI is InChI=1S/C12H8N4OS/c17-5-8-1-3-9(4-2-8)18-12-10-11(14-6-13-10)15-7-16-12/h1-7H,(H,13,14,15,16). The Labute approximate surface area is 107 Å². The third kappa shape index (κ3) is 1.98. The summed E-state index contributed by atoms with van der Waals surface area (Å²) in [7, 11) is 0. The molecule has 1 aromatic carbocycles. The summed E-state index contributed by atoms with van der Waals surface area (Å²) in [5.74, 6) is 0. The quantitative estimate of drug-likeness (QED) is 0.575. The summed E-state index contributed by atoms with van der Waals surface area (Å²) in [6.07, 6.45) is 3.91. The van der Waals surface area contributed by atoms with Gasteiger partial charge in [0, 0.05) is 10.5 Å². The maximum absolute atomic E-state index is 10.6. The second-order valence-corrected chi connectivity index (χ2v) is 4.63. The van der Waals surface area contributed by atoms with E-state index in [2.05, 4.69) is 19.9 Å². The summed E-state index contributed by atoms with van der Waals surface area (Å²) >= 11 is 1.50. The van der Waals surface area contributed by atoms with Gasteiger partial charge in [-0.15, -0.1) is 0 Å². The molecule has 0 fully saturated rings. The van der Waals surface area contributed by atoms with Crippen molar-refractivity contribution < 1.29 is 4.79 Å². The number of hydrogen-bond acceptors (Lipinski definition) is 5. The van der Waals surface area contributed by atoms with Crippen LogP contribution in [0.25, 0.3) is 11.2 Å². The van der Waals surface area contributed by atoms with E-state index in [-0.39, 0.29) is 0 Å². The van der Waals surface area contributed by atoms with E-state index in [9.17, 15) is 4.79 Å². The Morgan fingerprint density at radius 3 is 2.72 bits per heavy atom. The van der Waals surface area contributed by atoms with Gasteiger partial charge >= 0.3 is 0 Å². The number of carbonyl (C=O) groups is 1. The summed E-state index contributed by atoms with van der Waals surface area (Å²) in [4.78, 5) is 27.0. The minimum atomic E-state index is 0.650. The maximum atomic E-state index is 10.6. The molecular formula is C12H8N4OS. The molecule has 0 spiro atoms. The SMILES string of the molecule is O=Cc1ccc(Sc2ncnc3nc[nH]c23)cc1. The van der Waals surface area contributed by atoms with Crippen molar-refractivity contribution in [1.29, 1.82) is 0 Å². The number of imidazole rings is 1. The lowest BCUT2D eigenvalue weighted by Crippen LogP contribution is -1.86. The van der Waals surface area contributed by atoms with Crippen LogP contribution < -0.4 is 0 Å². The molecule has 0 radical (unpaired) electrons. The second kappa shape index (κ2) is 4.58. The fourth-order valence-electron chi connectivity index (χ4n) is 1.55. The van der Waals surface area contributed by atoms with Crippen LogP contribution >= 0.6 is 11.8 Å². The van der Waals surface area contributed by atoms with Gasteiger partial charge in [0.2, 0.25) is 0 Å². The molecule has 0 aliphatic heterocycles. The highest BCUT2D eigenvalue weighted by Gasteiger charge is 2.07. The molecule has 0 bridgehead atoms. The van der Waals surface area contributed by atoms with Crippen LogP contribution in [0.3, 0.4) is 0 Å². The zero-order chi connectivity index (χ0) is 12.4. The Kier molecular flexibility index (Phi) is 2.77. The molecule has 0 aliphatic carbocycles. The van der Waals surface area contributed by atoms with E-state index >= 15 is 0 Å². The van der Waals surface area contributed by atoms with Crippen LogP contribution in [-0.2, 0) is 0 Å². The van der Waals surface area contributed by atoms with E-state index in [0.29, 0.717) is 11.2 Å². The van der Waals surface area contributed by atoms with Crippen molar-refractivity contribution in [3.63, 3.8) is 0 Å². The molecule has 6 heteroatoms. The van der Waals surface area contributed by atoms with Crippen molar-refractivity contribution in [1.82, 2.24) is 19.9 Å². The third-order valence-corrected chi connectivity index (χ3v) is 3.43. The zero-order valence-electron chi connectivity index (χ0n) is 9.20. The number of aromatic amines is 1. The second-order valence-electron chi connectivity index (χ2n) is 3.57. The lowest BCUT2D eigenvalue weighted by molar-refractivity contribution is 0.112. The number of nitrogens with zero attached hydrogens (tertiary/aromatic N) is 3. The molecule has 3 rings (SSSR count). The van der Waals surface area contributed by atoms with E-state index in [1.807, 2.05) is 12.1 Å². The summed E-state index contributed by atoms with van der Waals surface area (Å²) < 4.78 is 0. The van der Waals surface area contributed by atoms with Crippen LogP contribution in [0.15, 0.2) is 46.8 Å². The molecule has 18 heavy (non-hydrogen) atoms. The van der Waals surface area contributed by atoms with Gasteiger partial charge < -0.3 is 4.98 Å². The van der Waals surface area contributed by atoms with Gasteiger partial charge in [0.05, 0.1) is 6.33 Å². The first-order valence-electron chi connectivity index (χ1n) is 5.24. The van der Waals surface area contributed by atoms with Gasteiger partial charge in [0.15, 0.2) is 5.65 Å². The molecule has 0 amide bonds. The molecule has 2 aromatic heterocycles. The zero-order valence-corrected chi connectivity index (χ0v) is 10.0. The molecule has 0 saturated carbocycles. The molecular weight excluding hydrogens is 248 g/mol. The fourth-order valence-corrected chi connectivity index (χ4v) is 2.39. The van der Waals surface area contributed by atoms with Crippen molar-refractivity contribution >= 4 is 29.2 Å². The van der Waals surface area contributed by atoms with Gasteiger partial charge in [0.1, 0.15) is 23.2 Å². The summed E-state index contributed by atoms with van der Waals surface area (Å²) in [5, 5.41) is 0.816. The Hall–Kier alpha value is -2.21. The van der Waals surface area contributed by atoms with E-state index in [4.69, 9.17) is 0 Å². The summed E-state index contributed by atoms with van der Waals surface area (Å²) in [6, 6.07) is 7.33. The number of aromatic nitrogens is 4. The van der Waals surface area contributed by atoms with Crippen LogP contribution in [0.4, 0.5) is 0 Å². The highest BCUT2D eigenvalue weighted by molar-refractivity contribution is 7.99. The first-order chi connectivity index (χ1) is 8.86. The van der Waals surface area contributed by atoms with E-state index < -0.39 is 0 Å². The first-order valence-corrected chi connectivity index (χ1v) is 6.05. The largest absolute Gasteiger partial charge is 0.341 e. The molecule has 0 saturated heterocycles. The third-order valence-electron chi connectivity index (χ3n) is 2.42. The van der Waals surface area contributed by atoms with Gasteiger partial charge in [0.25, 0.3) is 0 Å². The minimum Gasteiger partial charge on any atom is -0.341 e. The maximum Gasteiger partial charge on any atom is 0.181 e. The molecule has 1 N–H and O–H groups in total. The number of nitrogens with one attached hydrogen (secondary N) is 1. The number of aldehydes is 1. The van der Waals surface area contributed by atoms with Gasteiger partial charge in [-0.1, -0.05) is 23.9 Å². The number of rotatable bonds is 3. The van der Waals surface area contributed by atoms with Crippen LogP contribution in [0.5, 0.6) is 0 Å². The minimum absolute atomic E-state index is 0.650. The van der Waals surface area contributed by atoms with Crippen molar-refractivity contribution in [3.8, 4) is 0 Å². The monoisotopic (exact) mass is 256 g/mol. The van der Waals surface area contributed by atoms with Gasteiger partial charge in [-0.3, -0.25) is 4.79 Å². The summed E-state index contributed by atoms with van der Waals surface area (Å²) in [6.45, 7) is 0. The molecule has 5 nitrogen and oxygen atoms in total. The van der Waals surface area contributed by atoms with E-state index in [1.54, 1.807) is 18.5 Å². The smallest absolute Gasteiger partial charge is 0.181 e. The summed E-state index contributed by atoms with van der Waals surface area (Å²) in [5.41, 5.74) is 2.13. The lowest BCUT2D eigenvalue weighted by atomic mass is 10.2. The van der Waals surface area contributed by atoms with Crippen molar-refractivity contribution in [2.24, 2.45) is 0 Å². The number of carbonyl (C=O) groups excluding carboxylic acids is 1. The first kappa shape index (κ1) is 10.9. The molecule has 0 unspecified atom stereocenters. The Morgan fingerprint density at radius 2 is 1.94 bits per heavy atom. The average molecular weight is 256 g/mol. The number of H-pyrrole nitrogens is 1. The van der Waals surface area contributed by atoms with Crippen LogP contribution in [0.1, 0.15) is 10.4 Å². The fraction of sp³-hybridized carbons (Fsp3) is 0. The number of fused-ring (bicyclic) bond motifs is 1. The van der Waals surface area contributed by atoms with Gasteiger partial charge in [-0.25, -0.2) is 15.0 Å². The van der Waals surface area contributed by atoms with Crippen LogP contribution in [0.2, 0.25) is 0 Å². The van der Waals surface area contributed by atoms with Gasteiger partial charge in [-0.2, -0.15) is 0 Å². The molecule has 3 aromatic rings. The van der Waals surface area contributed by atoms with Crippen molar-refractivity contribution in [3.05, 3.63) is 42.5 Å². The Morgan fingerprint density at radius 1 is 1.11 bits per heavy atom. The lowest BCUT2D eigenvalue weighted by Gasteiger charge is -2.01. The molecule has 88 valence electrons. The van der Waals surface area contributed by atoms with E-state index in [1.165, 1.54) is 18.1 Å². The number of hydrogen-bond donors (Lipinski definition) is 1. The highest BCUT2D eigenvalue weighted by Crippen LogP contribution is 2.29. The Bertz CT molecular complexity index is 693.